The summed E-state index contributed by atoms with van der Waals surface area (Å²) >= 11 is 0. The molecule has 174 valence electrons. The lowest BCUT2D eigenvalue weighted by Gasteiger charge is -2.34. The third-order valence-electron chi connectivity index (χ3n) is 5.91. The monoisotopic (exact) mass is 462 g/mol. The van der Waals surface area contributed by atoms with Crippen LogP contribution in [0.4, 0.5) is 22.9 Å². The fourth-order valence-electron chi connectivity index (χ4n) is 4.13. The number of hydrogen-bond acceptors (Lipinski definition) is 8. The third kappa shape index (κ3) is 4.02. The zero-order valence-corrected chi connectivity index (χ0v) is 18.0. The number of amides is 3. The average molecular weight is 462 g/mol. The highest BCUT2D eigenvalue weighted by molar-refractivity contribution is 6.05. The van der Waals surface area contributed by atoms with Gasteiger partial charge < -0.3 is 31.1 Å². The van der Waals surface area contributed by atoms with Crippen LogP contribution in [0, 0.1) is 0 Å². The van der Waals surface area contributed by atoms with Gasteiger partial charge >= 0.3 is 0 Å². The van der Waals surface area contributed by atoms with Gasteiger partial charge in [0.1, 0.15) is 12.1 Å². The van der Waals surface area contributed by atoms with E-state index < -0.39 is 24.0 Å². The Bertz CT molecular complexity index is 1310. The first kappa shape index (κ1) is 21.7. The smallest absolute Gasteiger partial charge is 0.259 e. The first-order chi connectivity index (χ1) is 16.4. The molecule has 34 heavy (non-hydrogen) atoms. The number of nitrogens with one attached hydrogen (secondary N) is 2. The molecule has 2 aromatic carbocycles. The number of hydrogen-bond donors (Lipinski definition) is 4. The largest absolute Gasteiger partial charge is 0.383 e. The molecule has 3 aromatic rings. The summed E-state index contributed by atoms with van der Waals surface area (Å²) in [5.74, 6) is -1.11. The van der Waals surface area contributed by atoms with Crippen molar-refractivity contribution in [3.63, 3.8) is 0 Å². The van der Waals surface area contributed by atoms with Crippen LogP contribution in [0.25, 0.3) is 10.9 Å². The molecule has 11 heteroatoms. The molecule has 2 atom stereocenters. The molecule has 0 unspecified atom stereocenters. The molecule has 0 saturated carbocycles. The Morgan fingerprint density at radius 3 is 2.91 bits per heavy atom. The van der Waals surface area contributed by atoms with Crippen LogP contribution in [0.3, 0.4) is 0 Å². The van der Waals surface area contributed by atoms with Gasteiger partial charge in [-0.2, -0.15) is 0 Å². The van der Waals surface area contributed by atoms with Crippen molar-refractivity contribution in [1.29, 1.82) is 0 Å². The number of nitrogen functional groups attached to an aromatic ring is 1. The molecule has 3 heterocycles. The molecular formula is C23H22N6O5. The lowest BCUT2D eigenvalue weighted by atomic mass is 10.0. The standard InChI is InChI=1S/C23H22N6O5/c24-21-15-5-3-13(9-17(15)25-11-26-21)27-22(32)19(31)20-23(33)29(7-8-34-20)14-4-1-12-2-6-18(30)28-16(12)10-14/h1,3-5,9-11,19-20,31H,2,6-8H2,(H,27,32)(H,28,30)(H2,24,25,26)/t19-,20-/m1/s1. The summed E-state index contributed by atoms with van der Waals surface area (Å²) in [6, 6.07) is 10.2. The molecule has 3 amide bonds. The van der Waals surface area contributed by atoms with E-state index in [1.54, 1.807) is 30.3 Å². The second-order valence-corrected chi connectivity index (χ2v) is 8.10. The van der Waals surface area contributed by atoms with Crippen molar-refractivity contribution in [2.45, 2.75) is 25.0 Å². The van der Waals surface area contributed by atoms with Gasteiger partial charge in [-0.05, 0) is 42.3 Å². The zero-order chi connectivity index (χ0) is 23.8. The van der Waals surface area contributed by atoms with Gasteiger partial charge in [-0.25, -0.2) is 9.97 Å². The third-order valence-corrected chi connectivity index (χ3v) is 5.91. The summed E-state index contributed by atoms with van der Waals surface area (Å²) in [6.45, 7) is 0.387. The van der Waals surface area contributed by atoms with E-state index in [0.29, 0.717) is 46.6 Å². The van der Waals surface area contributed by atoms with Crippen LogP contribution >= 0.6 is 0 Å². The number of aliphatic hydroxyl groups excluding tert-OH is 1. The highest BCUT2D eigenvalue weighted by atomic mass is 16.5. The number of carbonyl (C=O) groups is 3. The predicted molar refractivity (Wildman–Crippen MR) is 124 cm³/mol. The summed E-state index contributed by atoms with van der Waals surface area (Å²) in [6.07, 6.45) is -0.749. The lowest BCUT2D eigenvalue weighted by Crippen LogP contribution is -2.55. The summed E-state index contributed by atoms with van der Waals surface area (Å²) in [4.78, 5) is 47.0. The van der Waals surface area contributed by atoms with Crippen molar-refractivity contribution < 1.29 is 24.2 Å². The van der Waals surface area contributed by atoms with Gasteiger partial charge in [0.25, 0.3) is 11.8 Å². The summed E-state index contributed by atoms with van der Waals surface area (Å²) in [7, 11) is 0. The molecule has 0 bridgehead atoms. The molecule has 1 fully saturated rings. The van der Waals surface area contributed by atoms with Crippen LogP contribution in [0.5, 0.6) is 0 Å². The van der Waals surface area contributed by atoms with Gasteiger partial charge in [-0.15, -0.1) is 0 Å². The van der Waals surface area contributed by atoms with E-state index in [0.717, 1.165) is 5.56 Å². The Hall–Kier alpha value is -4.09. The molecule has 0 aliphatic carbocycles. The molecule has 11 nitrogen and oxygen atoms in total. The lowest BCUT2D eigenvalue weighted by molar-refractivity contribution is -0.150. The van der Waals surface area contributed by atoms with Gasteiger partial charge in [0.2, 0.25) is 5.91 Å². The van der Waals surface area contributed by atoms with E-state index in [1.807, 2.05) is 6.07 Å². The molecule has 0 radical (unpaired) electrons. The van der Waals surface area contributed by atoms with E-state index in [9.17, 15) is 19.5 Å². The fourth-order valence-corrected chi connectivity index (χ4v) is 4.13. The maximum atomic E-state index is 13.1. The second kappa shape index (κ2) is 8.69. The molecule has 5 N–H and O–H groups in total. The predicted octanol–water partition coefficient (Wildman–Crippen LogP) is 0.828. The fraction of sp³-hybridized carbons (Fsp3) is 0.261. The Labute approximate surface area is 193 Å². The van der Waals surface area contributed by atoms with Crippen molar-refractivity contribution in [2.75, 3.05) is 34.4 Å². The molecule has 0 spiro atoms. The minimum atomic E-state index is -1.74. The highest BCUT2D eigenvalue weighted by Crippen LogP contribution is 2.30. The van der Waals surface area contributed by atoms with Crippen LogP contribution < -0.4 is 21.3 Å². The van der Waals surface area contributed by atoms with Crippen molar-refractivity contribution in [3.05, 3.63) is 48.3 Å². The Morgan fingerprint density at radius 1 is 1.21 bits per heavy atom. The first-order valence-electron chi connectivity index (χ1n) is 10.8. The summed E-state index contributed by atoms with van der Waals surface area (Å²) in [5, 5.41) is 16.7. The van der Waals surface area contributed by atoms with Gasteiger partial charge in [0.05, 0.1) is 12.1 Å². The van der Waals surface area contributed by atoms with Crippen molar-refractivity contribution in [2.24, 2.45) is 0 Å². The number of nitrogens with two attached hydrogens (primary N) is 1. The van der Waals surface area contributed by atoms with Gasteiger partial charge in [-0.3, -0.25) is 14.4 Å². The van der Waals surface area contributed by atoms with E-state index in [1.165, 1.54) is 11.2 Å². The average Bonchev–Trinajstić information content (AvgIpc) is 2.83. The molecule has 5 rings (SSSR count). The number of ether oxygens (including phenoxy) is 1. The van der Waals surface area contributed by atoms with E-state index in [2.05, 4.69) is 20.6 Å². The summed E-state index contributed by atoms with van der Waals surface area (Å²) < 4.78 is 5.47. The zero-order valence-electron chi connectivity index (χ0n) is 18.0. The number of benzene rings is 2. The van der Waals surface area contributed by atoms with Crippen LogP contribution in [-0.4, -0.2) is 58.2 Å². The number of carbonyl (C=O) groups excluding carboxylic acids is 3. The quantitative estimate of drug-likeness (QED) is 0.443. The number of anilines is 4. The van der Waals surface area contributed by atoms with Crippen molar-refractivity contribution in [1.82, 2.24) is 9.97 Å². The Morgan fingerprint density at radius 2 is 2.06 bits per heavy atom. The number of nitrogens with zero attached hydrogens (tertiary/aromatic N) is 3. The number of fused-ring (bicyclic) bond motifs is 2. The molecular weight excluding hydrogens is 440 g/mol. The number of rotatable bonds is 4. The maximum absolute atomic E-state index is 13.1. The van der Waals surface area contributed by atoms with Crippen LogP contribution in [0.15, 0.2) is 42.7 Å². The number of aryl methyl sites for hydroxylation is 1. The van der Waals surface area contributed by atoms with Crippen LogP contribution in [-0.2, 0) is 25.5 Å². The van der Waals surface area contributed by atoms with E-state index >= 15 is 0 Å². The normalized spacial score (nSPS) is 18.9. The topological polar surface area (TPSA) is 160 Å². The Balaban J connectivity index is 1.31. The van der Waals surface area contributed by atoms with Gasteiger partial charge in [-0.1, -0.05) is 6.07 Å². The van der Waals surface area contributed by atoms with E-state index in [4.69, 9.17) is 10.5 Å². The number of aliphatic hydroxyl groups is 1. The molecule has 2 aliphatic heterocycles. The van der Waals surface area contributed by atoms with Crippen LogP contribution in [0.2, 0.25) is 0 Å². The second-order valence-electron chi connectivity index (χ2n) is 8.10. The van der Waals surface area contributed by atoms with Crippen molar-refractivity contribution in [3.8, 4) is 0 Å². The first-order valence-corrected chi connectivity index (χ1v) is 10.8. The molecule has 1 saturated heterocycles. The molecule has 1 aromatic heterocycles. The maximum Gasteiger partial charge on any atom is 0.259 e. The minimum Gasteiger partial charge on any atom is -0.383 e. The highest BCUT2D eigenvalue weighted by Gasteiger charge is 2.39. The minimum absolute atomic E-state index is 0.0780. The van der Waals surface area contributed by atoms with Gasteiger partial charge in [0, 0.05) is 35.4 Å². The van der Waals surface area contributed by atoms with Gasteiger partial charge in [0.15, 0.2) is 12.2 Å². The molecule has 2 aliphatic rings. The van der Waals surface area contributed by atoms with Crippen LogP contribution in [0.1, 0.15) is 12.0 Å². The van der Waals surface area contributed by atoms with Crippen molar-refractivity contribution >= 4 is 51.5 Å². The van der Waals surface area contributed by atoms with E-state index in [-0.39, 0.29) is 19.1 Å². The summed E-state index contributed by atoms with van der Waals surface area (Å²) in [5.41, 5.74) is 8.91. The number of aromatic nitrogens is 2. The Kier molecular flexibility index (Phi) is 5.56. The number of morpholine rings is 1. The SMILES string of the molecule is Nc1ncnc2cc(NC(=O)[C@H](O)[C@H]3OCCN(c4ccc5c(c4)NC(=O)CC5)C3=O)ccc12.